The van der Waals surface area contributed by atoms with Crippen LogP contribution in [0.15, 0.2) is 0 Å². The first-order chi connectivity index (χ1) is 6.45. The summed E-state index contributed by atoms with van der Waals surface area (Å²) in [4.78, 5) is 0. The molecule has 0 N–H and O–H groups in total. The van der Waals surface area contributed by atoms with Crippen LogP contribution in [0.5, 0.6) is 0 Å². The molecule has 0 spiro atoms. The van der Waals surface area contributed by atoms with Gasteiger partial charge >= 0.3 is 11.2 Å². The Hall–Kier alpha value is 0.0700. The van der Waals surface area contributed by atoms with Gasteiger partial charge in [0, 0.05) is 11.2 Å². The third-order valence-corrected chi connectivity index (χ3v) is 4.54. The minimum Gasteiger partial charge on any atom is -0.198 e. The number of hydrogen-bond acceptors (Lipinski definition) is 1. The van der Waals surface area contributed by atoms with Gasteiger partial charge in [-0.1, -0.05) is 31.0 Å². The lowest BCUT2D eigenvalue weighted by molar-refractivity contribution is -0.175. The lowest BCUT2D eigenvalue weighted by Crippen LogP contribution is -2.39. The Labute approximate surface area is 84.4 Å². The first-order valence-electron chi connectivity index (χ1n) is 4.88. The summed E-state index contributed by atoms with van der Waals surface area (Å²) in [6.45, 7) is 0. The molecular weight excluding hydrogens is 216 g/mol. The van der Waals surface area contributed by atoms with Gasteiger partial charge in [0.15, 0.2) is 0 Å². The molecule has 1 aliphatic heterocycles. The zero-order valence-corrected chi connectivity index (χ0v) is 8.43. The highest BCUT2D eigenvalue weighted by molar-refractivity contribution is 8.01. The van der Waals surface area contributed by atoms with Gasteiger partial charge in [-0.2, -0.15) is 17.6 Å². The number of fused-ring (bicyclic) bond motifs is 1. The molecule has 82 valence electrons. The van der Waals surface area contributed by atoms with Gasteiger partial charge in [-0.05, 0) is 12.8 Å². The van der Waals surface area contributed by atoms with Crippen molar-refractivity contribution in [3.8, 4) is 0 Å². The van der Waals surface area contributed by atoms with Gasteiger partial charge in [0.2, 0.25) is 0 Å². The van der Waals surface area contributed by atoms with Crippen molar-refractivity contribution in [3.63, 3.8) is 0 Å². The largest absolute Gasteiger partial charge is 0.356 e. The molecule has 1 heterocycles. The Kier molecular flexibility index (Phi) is 2.48. The molecule has 1 aliphatic carbocycles. The highest BCUT2D eigenvalue weighted by Gasteiger charge is 2.69. The minimum atomic E-state index is -3.85. The Morgan fingerprint density at radius 2 is 1.57 bits per heavy atom. The van der Waals surface area contributed by atoms with Crippen molar-refractivity contribution in [2.24, 2.45) is 5.92 Å². The number of hydrogen-bond donors (Lipinski definition) is 0. The van der Waals surface area contributed by atoms with E-state index in [1.54, 1.807) is 0 Å². The summed E-state index contributed by atoms with van der Waals surface area (Å²) in [7, 11) is 0. The van der Waals surface area contributed by atoms with Crippen molar-refractivity contribution in [3.05, 3.63) is 0 Å². The molecule has 1 saturated heterocycles. The second-order valence-corrected chi connectivity index (χ2v) is 5.39. The summed E-state index contributed by atoms with van der Waals surface area (Å²) in [6.07, 6.45) is 3.13. The third kappa shape index (κ3) is 1.44. The average molecular weight is 228 g/mol. The van der Waals surface area contributed by atoms with Gasteiger partial charge in [0.05, 0.1) is 0 Å². The molecule has 1 saturated carbocycles. The van der Waals surface area contributed by atoms with E-state index in [1.165, 1.54) is 0 Å². The molecule has 0 bridgehead atoms. The van der Waals surface area contributed by atoms with Gasteiger partial charge in [-0.25, -0.2) is 0 Å². The van der Waals surface area contributed by atoms with Crippen molar-refractivity contribution < 1.29 is 17.6 Å². The molecule has 5 heteroatoms. The fraction of sp³-hybridized carbons (Fsp3) is 1.00. The highest BCUT2D eigenvalue weighted by Crippen LogP contribution is 2.61. The fourth-order valence-corrected chi connectivity index (χ4v) is 3.76. The lowest BCUT2D eigenvalue weighted by atomic mass is 9.93. The third-order valence-electron chi connectivity index (χ3n) is 3.11. The molecule has 0 nitrogen and oxygen atoms in total. The Morgan fingerprint density at radius 1 is 0.929 bits per heavy atom. The van der Waals surface area contributed by atoms with Crippen LogP contribution in [0.1, 0.15) is 32.1 Å². The molecule has 0 radical (unpaired) electrons. The van der Waals surface area contributed by atoms with Crippen molar-refractivity contribution in [2.75, 3.05) is 0 Å². The molecule has 0 aromatic rings. The van der Waals surface area contributed by atoms with E-state index in [2.05, 4.69) is 0 Å². The summed E-state index contributed by atoms with van der Waals surface area (Å²) in [5.41, 5.74) is 0. The highest BCUT2D eigenvalue weighted by atomic mass is 32.2. The second-order valence-electron chi connectivity index (χ2n) is 4.04. The van der Waals surface area contributed by atoms with Crippen LogP contribution >= 0.6 is 11.8 Å². The van der Waals surface area contributed by atoms with Crippen LogP contribution in [0.4, 0.5) is 17.6 Å². The van der Waals surface area contributed by atoms with Gasteiger partial charge in [-0.3, -0.25) is 0 Å². The van der Waals surface area contributed by atoms with Gasteiger partial charge in [0.25, 0.3) is 0 Å². The van der Waals surface area contributed by atoms with E-state index in [0.717, 1.165) is 12.8 Å². The second kappa shape index (κ2) is 3.29. The van der Waals surface area contributed by atoms with E-state index in [9.17, 15) is 17.6 Å². The number of thioether (sulfide) groups is 1. The first-order valence-corrected chi connectivity index (χ1v) is 5.76. The van der Waals surface area contributed by atoms with Crippen LogP contribution in [0.3, 0.4) is 0 Å². The Bertz CT molecular complexity index is 229. The Morgan fingerprint density at radius 3 is 2.29 bits per heavy atom. The number of rotatable bonds is 0. The molecule has 0 aromatic carbocycles. The summed E-state index contributed by atoms with van der Waals surface area (Å²) < 4.78 is 52.5. The van der Waals surface area contributed by atoms with Crippen LogP contribution < -0.4 is 0 Å². The first kappa shape index (κ1) is 10.6. The molecule has 2 atom stereocenters. The van der Waals surface area contributed by atoms with Crippen LogP contribution in [0.2, 0.25) is 0 Å². The van der Waals surface area contributed by atoms with Gasteiger partial charge < -0.3 is 0 Å². The molecule has 0 amide bonds. The smallest absolute Gasteiger partial charge is 0.198 e. The van der Waals surface area contributed by atoms with Gasteiger partial charge in [-0.15, -0.1) is 0 Å². The molecular formula is C9H12F4S. The Balaban J connectivity index is 2.23. The van der Waals surface area contributed by atoms with Crippen LogP contribution in [0, 0.1) is 5.92 Å². The van der Waals surface area contributed by atoms with Crippen molar-refractivity contribution in [1.29, 1.82) is 0 Å². The van der Waals surface area contributed by atoms with E-state index in [-0.39, 0.29) is 18.2 Å². The van der Waals surface area contributed by atoms with Gasteiger partial charge in [0.1, 0.15) is 0 Å². The maximum atomic E-state index is 13.3. The molecule has 2 fully saturated rings. The zero-order chi connectivity index (χ0) is 10.4. The maximum Gasteiger partial charge on any atom is 0.356 e. The molecule has 2 unspecified atom stereocenters. The quantitative estimate of drug-likeness (QED) is 0.566. The van der Waals surface area contributed by atoms with E-state index in [4.69, 9.17) is 0 Å². The number of alkyl halides is 4. The summed E-state index contributed by atoms with van der Waals surface area (Å²) in [5, 5.41) is -4.39. The van der Waals surface area contributed by atoms with E-state index in [1.807, 2.05) is 0 Å². The van der Waals surface area contributed by atoms with Crippen LogP contribution in [0.25, 0.3) is 0 Å². The minimum absolute atomic E-state index is 0.189. The average Bonchev–Trinajstić information content (AvgIpc) is 2.29. The van der Waals surface area contributed by atoms with Crippen molar-refractivity contribution >= 4 is 11.8 Å². The SMILES string of the molecule is FC1(F)SC2CCCCCC2C1(F)F. The summed E-state index contributed by atoms with van der Waals surface area (Å²) >= 11 is 0.189. The van der Waals surface area contributed by atoms with E-state index >= 15 is 0 Å². The molecule has 2 rings (SSSR count). The van der Waals surface area contributed by atoms with Crippen molar-refractivity contribution in [2.45, 2.75) is 48.5 Å². The fourth-order valence-electron chi connectivity index (χ4n) is 2.31. The monoisotopic (exact) mass is 228 g/mol. The molecule has 2 aliphatic rings. The normalized spacial score (nSPS) is 40.3. The predicted molar refractivity (Wildman–Crippen MR) is 47.8 cm³/mol. The van der Waals surface area contributed by atoms with E-state index < -0.39 is 22.3 Å². The van der Waals surface area contributed by atoms with Crippen molar-refractivity contribution in [1.82, 2.24) is 0 Å². The number of halogens is 4. The maximum absolute atomic E-state index is 13.3. The zero-order valence-electron chi connectivity index (χ0n) is 7.61. The summed E-state index contributed by atoms with van der Waals surface area (Å²) in [6, 6.07) is 0. The molecule has 14 heavy (non-hydrogen) atoms. The van der Waals surface area contributed by atoms with E-state index in [0.29, 0.717) is 12.8 Å². The van der Waals surface area contributed by atoms with Crippen LogP contribution in [-0.4, -0.2) is 16.4 Å². The molecule has 0 aromatic heterocycles. The standard InChI is InChI=1S/C9H12F4S/c10-8(11)6-4-2-1-3-5-7(6)14-9(8,12)13/h6-7H,1-5H2. The lowest BCUT2D eigenvalue weighted by Gasteiger charge is -2.23. The topological polar surface area (TPSA) is 0 Å². The van der Waals surface area contributed by atoms with Crippen LogP contribution in [-0.2, 0) is 0 Å². The predicted octanol–water partition coefficient (Wildman–Crippen LogP) is 3.91. The summed E-state index contributed by atoms with van der Waals surface area (Å²) in [5.74, 6) is -4.91.